The fourth-order valence-corrected chi connectivity index (χ4v) is 11.0. The predicted molar refractivity (Wildman–Crippen MR) is 306 cm³/mol. The zero-order valence-corrected chi connectivity index (χ0v) is 45.4. The normalized spacial score (nSPS) is 23.0. The predicted octanol–water partition coefficient (Wildman–Crippen LogP) is 3.05. The Balaban J connectivity index is 1.10. The third-order valence-electron chi connectivity index (χ3n) is 15.4. The average Bonchev–Trinajstić information content (AvgIpc) is 4.11. The molecule has 19 heteroatoms. The van der Waals surface area contributed by atoms with Gasteiger partial charge in [-0.15, -0.1) is 0 Å². The van der Waals surface area contributed by atoms with E-state index in [4.69, 9.17) is 15.2 Å². The summed E-state index contributed by atoms with van der Waals surface area (Å²) in [5.74, 6) is -3.31. The molecule has 3 fully saturated rings. The summed E-state index contributed by atoms with van der Waals surface area (Å²) in [6.07, 6.45) is 1.42. The number of benzene rings is 5. The van der Waals surface area contributed by atoms with Gasteiger partial charge in [-0.1, -0.05) is 121 Å². The van der Waals surface area contributed by atoms with Crippen molar-refractivity contribution in [3.8, 4) is 5.75 Å². The molecule has 426 valence electrons. The lowest BCUT2D eigenvalue weighted by molar-refractivity contribution is -0.152. The van der Waals surface area contributed by atoms with Crippen molar-refractivity contribution in [2.45, 2.75) is 113 Å². The summed E-state index contributed by atoms with van der Waals surface area (Å²) in [7, 11) is 0. The van der Waals surface area contributed by atoms with Crippen molar-refractivity contribution in [1.82, 2.24) is 47.1 Å². The van der Waals surface area contributed by atoms with Gasteiger partial charge in [-0.05, 0) is 97.1 Å². The molecule has 6 aromatic rings. The van der Waals surface area contributed by atoms with Gasteiger partial charge in [0.25, 0.3) is 0 Å². The van der Waals surface area contributed by atoms with Crippen LogP contribution in [0.5, 0.6) is 5.75 Å². The molecule has 0 spiro atoms. The smallest absolute Gasteiger partial charge is 0.246 e. The fourth-order valence-electron chi connectivity index (χ4n) is 11.0. The summed E-state index contributed by atoms with van der Waals surface area (Å²) in [5, 5.41) is 32.8. The number of carbonyl (C=O) groups excluding carboxylic acids is 6. The number of amides is 6. The first kappa shape index (κ1) is 57.7. The molecule has 0 bridgehead atoms. The number of carbonyl (C=O) groups is 6. The Kier molecular flexibility index (Phi) is 20.3. The molecule has 5 aromatic carbocycles. The number of aryl methyl sites for hydroxylation is 1. The molecule has 1 unspecified atom stereocenters. The summed E-state index contributed by atoms with van der Waals surface area (Å²) in [6.45, 7) is 2.00. The number of aromatic nitrogens is 1. The lowest BCUT2D eigenvalue weighted by Gasteiger charge is -2.32. The first-order chi connectivity index (χ1) is 39.5. The van der Waals surface area contributed by atoms with Gasteiger partial charge in [0.15, 0.2) is 0 Å². The first-order valence-corrected chi connectivity index (χ1v) is 28.1. The highest BCUT2D eigenvalue weighted by molar-refractivity contribution is 5.99. The highest BCUT2D eigenvalue weighted by Crippen LogP contribution is 2.26. The number of H-pyrrole nitrogens is 1. The molecule has 81 heavy (non-hydrogen) atoms. The van der Waals surface area contributed by atoms with Crippen LogP contribution < -0.4 is 47.7 Å². The van der Waals surface area contributed by atoms with E-state index in [1.54, 1.807) is 18.3 Å². The Morgan fingerprint density at radius 1 is 0.605 bits per heavy atom. The van der Waals surface area contributed by atoms with E-state index in [0.29, 0.717) is 43.0 Å². The van der Waals surface area contributed by atoms with Crippen LogP contribution in [-0.4, -0.2) is 132 Å². The zero-order chi connectivity index (χ0) is 56.5. The topological polar surface area (TPSA) is 270 Å². The van der Waals surface area contributed by atoms with Crippen molar-refractivity contribution in [2.75, 3.05) is 32.7 Å². The molecule has 9 rings (SSSR count). The van der Waals surface area contributed by atoms with Gasteiger partial charge in [0.05, 0.1) is 6.10 Å². The van der Waals surface area contributed by atoms with Crippen LogP contribution in [0.1, 0.15) is 59.9 Å². The second kappa shape index (κ2) is 28.5. The maximum atomic E-state index is 15.4. The Bertz CT molecular complexity index is 3030. The first-order valence-electron chi connectivity index (χ1n) is 28.1. The van der Waals surface area contributed by atoms with E-state index in [1.807, 2.05) is 127 Å². The van der Waals surface area contributed by atoms with Gasteiger partial charge >= 0.3 is 0 Å². The van der Waals surface area contributed by atoms with E-state index in [1.165, 1.54) is 4.90 Å². The standard InChI is InChI=1S/C62H74N10O9/c63-28-31-65-62(79)81-47-36-55-60(77)67-50(25-22-40-12-4-1-5-13-40)56(73)70-53(35-45-37-66-49-19-11-10-18-48(45)49)59(76)69-52(33-43-26-29-64-30-27-43)57(74)68-51(32-42-20-23-46(24-21-42)80-39-44-16-8-3-9-17-44)58(75)71-54(61(78)72(55)38-47)34-41-14-6-2-7-15-41/h1-21,23-24,37,43,47,50-55,62,64-66,79H,22,25-36,38-39,63H2,(H,67,77)(H,68,74)(H,69,76)(H,70,73)(H,71,75)/t47-,50+,51+,52+,53+,54+,55+,62?/m1/s1. The molecule has 3 aliphatic rings. The Hall–Kier alpha value is -7.94. The van der Waals surface area contributed by atoms with Crippen molar-refractivity contribution in [2.24, 2.45) is 11.7 Å². The monoisotopic (exact) mass is 1100 g/mol. The highest BCUT2D eigenvalue weighted by Gasteiger charge is 2.45. The molecule has 0 aliphatic carbocycles. The van der Waals surface area contributed by atoms with Gasteiger partial charge in [0, 0.05) is 62.4 Å². The molecule has 3 saturated heterocycles. The molecule has 4 heterocycles. The number of hydrogen-bond acceptors (Lipinski definition) is 12. The maximum absolute atomic E-state index is 15.4. The van der Waals surface area contributed by atoms with Crippen molar-refractivity contribution in [3.63, 3.8) is 0 Å². The van der Waals surface area contributed by atoms with E-state index in [-0.39, 0.29) is 64.1 Å². The van der Waals surface area contributed by atoms with Gasteiger partial charge < -0.3 is 62.1 Å². The number of hydrogen-bond donors (Lipinski definition) is 10. The lowest BCUT2D eigenvalue weighted by atomic mass is 9.90. The van der Waals surface area contributed by atoms with Crippen LogP contribution in [0.25, 0.3) is 10.9 Å². The lowest BCUT2D eigenvalue weighted by Crippen LogP contribution is -2.62. The summed E-state index contributed by atoms with van der Waals surface area (Å²) in [4.78, 5) is 95.8. The molecule has 19 nitrogen and oxygen atoms in total. The van der Waals surface area contributed by atoms with Crippen molar-refractivity contribution >= 4 is 46.3 Å². The molecule has 6 amide bonds. The highest BCUT2D eigenvalue weighted by atomic mass is 16.6. The Morgan fingerprint density at radius 3 is 1.85 bits per heavy atom. The number of piperidine rings is 1. The largest absolute Gasteiger partial charge is 0.489 e. The summed E-state index contributed by atoms with van der Waals surface area (Å²) in [5.41, 5.74) is 10.5. The molecular weight excluding hydrogens is 1030 g/mol. The van der Waals surface area contributed by atoms with Crippen molar-refractivity contribution in [1.29, 1.82) is 0 Å². The minimum atomic E-state index is -1.50. The van der Waals surface area contributed by atoms with Gasteiger partial charge in [0.2, 0.25) is 41.9 Å². The van der Waals surface area contributed by atoms with Crippen LogP contribution in [0.3, 0.4) is 0 Å². The van der Waals surface area contributed by atoms with Gasteiger partial charge in [-0.2, -0.15) is 0 Å². The van der Waals surface area contributed by atoms with E-state index < -0.39 is 84.2 Å². The third kappa shape index (κ3) is 16.1. The molecule has 11 N–H and O–H groups in total. The SMILES string of the molecule is NCCNC(O)O[C@@H]1C[C@H]2C(=O)N[C@@H](CCc3ccccc3)C(=O)N[C@@H](Cc3c[nH]c4ccccc34)C(=O)N[C@@H](CC3CCNCC3)C(=O)N[C@@H](Cc3ccc(OCc4ccccc4)cc3)C(=O)N[C@@H](Cc3ccccc3)C(=O)N2C1. The van der Waals surface area contributed by atoms with Crippen LogP contribution in [-0.2, 0) is 65.8 Å². The second-order valence-electron chi connectivity index (χ2n) is 21.2. The van der Waals surface area contributed by atoms with Gasteiger partial charge in [-0.25, -0.2) is 0 Å². The van der Waals surface area contributed by atoms with E-state index >= 15 is 28.8 Å². The van der Waals surface area contributed by atoms with Crippen molar-refractivity contribution in [3.05, 3.63) is 174 Å². The van der Waals surface area contributed by atoms with E-state index in [0.717, 1.165) is 40.4 Å². The second-order valence-corrected chi connectivity index (χ2v) is 21.2. The summed E-state index contributed by atoms with van der Waals surface area (Å²) in [6, 6.07) is 35.5. The van der Waals surface area contributed by atoms with Crippen LogP contribution in [0.15, 0.2) is 146 Å². The number of fused-ring (bicyclic) bond motifs is 2. The zero-order valence-electron chi connectivity index (χ0n) is 45.4. The average molecular weight is 1100 g/mol. The number of rotatable bonds is 19. The summed E-state index contributed by atoms with van der Waals surface area (Å²) >= 11 is 0. The quantitative estimate of drug-likeness (QED) is 0.0525. The molecular formula is C62H74N10O9. The molecule has 0 radical (unpaired) electrons. The number of para-hydroxylation sites is 1. The van der Waals surface area contributed by atoms with Crippen LogP contribution in [0.2, 0.25) is 0 Å². The van der Waals surface area contributed by atoms with Gasteiger partial charge in [-0.3, -0.25) is 34.1 Å². The fraction of sp³-hybridized carbons (Fsp3) is 0.387. The number of nitrogens with two attached hydrogens (primary N) is 1. The minimum absolute atomic E-state index is 0.00591. The maximum Gasteiger partial charge on any atom is 0.246 e. The third-order valence-corrected chi connectivity index (χ3v) is 15.4. The van der Waals surface area contributed by atoms with Crippen LogP contribution in [0, 0.1) is 5.92 Å². The van der Waals surface area contributed by atoms with Crippen LogP contribution in [0.4, 0.5) is 0 Å². The number of aliphatic hydroxyl groups excluding tert-OH is 1. The van der Waals surface area contributed by atoms with Crippen LogP contribution >= 0.6 is 0 Å². The Labute approximate surface area is 471 Å². The number of aromatic amines is 1. The summed E-state index contributed by atoms with van der Waals surface area (Å²) < 4.78 is 12.1. The van der Waals surface area contributed by atoms with Crippen molar-refractivity contribution < 1.29 is 43.3 Å². The molecule has 0 saturated carbocycles. The molecule has 3 aliphatic heterocycles. The number of ether oxygens (including phenoxy) is 2. The number of nitrogens with one attached hydrogen (secondary N) is 8. The molecule has 8 atom stereocenters. The minimum Gasteiger partial charge on any atom is -0.489 e. The number of nitrogens with zero attached hydrogens (tertiary/aromatic N) is 1. The van der Waals surface area contributed by atoms with Gasteiger partial charge in [0.1, 0.15) is 48.6 Å². The molecule has 1 aromatic heterocycles. The number of aliphatic hydroxyl groups is 1. The van der Waals surface area contributed by atoms with E-state index in [9.17, 15) is 5.11 Å². The Morgan fingerprint density at radius 2 is 1.16 bits per heavy atom. The van der Waals surface area contributed by atoms with E-state index in [2.05, 4.69) is 42.2 Å².